The highest BCUT2D eigenvalue weighted by Crippen LogP contribution is 2.17. The molecular formula is C23H27N5O3. The van der Waals surface area contributed by atoms with Crippen molar-refractivity contribution in [1.82, 2.24) is 24.8 Å². The lowest BCUT2D eigenvalue weighted by Crippen LogP contribution is -2.56. The predicted molar refractivity (Wildman–Crippen MR) is 116 cm³/mol. The molecule has 1 fully saturated rings. The fourth-order valence-corrected chi connectivity index (χ4v) is 3.84. The Hall–Kier alpha value is -3.26. The Labute approximate surface area is 181 Å². The molecule has 0 spiro atoms. The van der Waals surface area contributed by atoms with Gasteiger partial charge in [-0.1, -0.05) is 18.2 Å². The molecule has 3 aromatic rings. The van der Waals surface area contributed by atoms with Gasteiger partial charge in [-0.05, 0) is 44.5 Å². The van der Waals surface area contributed by atoms with Crippen LogP contribution in [-0.4, -0.2) is 63.2 Å². The zero-order valence-corrected chi connectivity index (χ0v) is 17.8. The van der Waals surface area contributed by atoms with Crippen LogP contribution in [0.4, 0.5) is 0 Å². The van der Waals surface area contributed by atoms with E-state index in [-0.39, 0.29) is 17.7 Å². The van der Waals surface area contributed by atoms with Gasteiger partial charge in [0.25, 0.3) is 5.91 Å². The Morgan fingerprint density at radius 1 is 1.19 bits per heavy atom. The van der Waals surface area contributed by atoms with Crippen molar-refractivity contribution < 1.29 is 14.3 Å². The summed E-state index contributed by atoms with van der Waals surface area (Å²) in [4.78, 5) is 31.9. The lowest BCUT2D eigenvalue weighted by Gasteiger charge is -2.33. The maximum Gasteiger partial charge on any atom is 0.252 e. The van der Waals surface area contributed by atoms with Crippen molar-refractivity contribution in [3.8, 4) is 0 Å². The van der Waals surface area contributed by atoms with Gasteiger partial charge in [0, 0.05) is 37.0 Å². The summed E-state index contributed by atoms with van der Waals surface area (Å²) in [6.07, 6.45) is 4.22. The average Bonchev–Trinajstić information content (AvgIpc) is 3.11. The Kier molecular flexibility index (Phi) is 5.99. The molecule has 1 aliphatic heterocycles. The maximum absolute atomic E-state index is 13.3. The van der Waals surface area contributed by atoms with E-state index in [0.717, 1.165) is 11.3 Å². The first-order valence-corrected chi connectivity index (χ1v) is 10.5. The second-order valence-corrected chi connectivity index (χ2v) is 8.40. The molecule has 0 bridgehead atoms. The van der Waals surface area contributed by atoms with Gasteiger partial charge in [0.2, 0.25) is 5.91 Å². The number of carbonyl (C=O) groups is 2. The van der Waals surface area contributed by atoms with Gasteiger partial charge in [0.1, 0.15) is 5.54 Å². The highest BCUT2D eigenvalue weighted by molar-refractivity contribution is 5.98. The average molecular weight is 422 g/mol. The highest BCUT2D eigenvalue weighted by Gasteiger charge is 2.35. The number of hydrogen-bond acceptors (Lipinski definition) is 5. The van der Waals surface area contributed by atoms with E-state index in [0.29, 0.717) is 38.3 Å². The number of hydrogen-bond donors (Lipinski definition) is 1. The Bertz CT molecular complexity index is 1060. The van der Waals surface area contributed by atoms with E-state index >= 15 is 0 Å². The summed E-state index contributed by atoms with van der Waals surface area (Å²) in [5.41, 5.74) is 1.22. The van der Waals surface area contributed by atoms with E-state index in [2.05, 4.69) is 15.4 Å². The molecule has 0 saturated carbocycles. The van der Waals surface area contributed by atoms with Gasteiger partial charge in [0.15, 0.2) is 5.65 Å². The fraction of sp³-hybridized carbons (Fsp3) is 0.391. The molecule has 3 heterocycles. The molecule has 0 radical (unpaired) electrons. The monoisotopic (exact) mass is 421 g/mol. The number of aromatic nitrogens is 3. The normalized spacial score (nSPS) is 17.4. The van der Waals surface area contributed by atoms with E-state index in [4.69, 9.17) is 4.74 Å². The molecule has 31 heavy (non-hydrogen) atoms. The molecule has 8 heteroatoms. The first kappa shape index (κ1) is 21.0. The third kappa shape index (κ3) is 4.91. The van der Waals surface area contributed by atoms with Gasteiger partial charge in [-0.2, -0.15) is 5.10 Å². The maximum atomic E-state index is 13.3. The van der Waals surface area contributed by atoms with Gasteiger partial charge in [-0.25, -0.2) is 9.50 Å². The lowest BCUT2D eigenvalue weighted by atomic mass is 9.99. The van der Waals surface area contributed by atoms with Gasteiger partial charge < -0.3 is 15.0 Å². The van der Waals surface area contributed by atoms with Gasteiger partial charge >= 0.3 is 0 Å². The fourth-order valence-electron chi connectivity index (χ4n) is 3.84. The van der Waals surface area contributed by atoms with Crippen LogP contribution in [-0.2, 0) is 16.0 Å². The van der Waals surface area contributed by atoms with Crippen molar-refractivity contribution in [2.24, 2.45) is 5.92 Å². The van der Waals surface area contributed by atoms with Gasteiger partial charge in [-0.3, -0.25) is 9.59 Å². The van der Waals surface area contributed by atoms with Crippen molar-refractivity contribution in [2.75, 3.05) is 26.3 Å². The van der Waals surface area contributed by atoms with E-state index in [1.54, 1.807) is 53.7 Å². The molecular weight excluding hydrogens is 394 g/mol. The quantitative estimate of drug-likeness (QED) is 0.680. The van der Waals surface area contributed by atoms with Crippen LogP contribution in [0, 0.1) is 5.92 Å². The molecule has 4 rings (SSSR count). The summed E-state index contributed by atoms with van der Waals surface area (Å²) in [5.74, 6) is -0.273. The third-order valence-corrected chi connectivity index (χ3v) is 5.43. The molecule has 1 aromatic carbocycles. The van der Waals surface area contributed by atoms with Crippen molar-refractivity contribution >= 4 is 17.5 Å². The Morgan fingerprint density at radius 2 is 2.00 bits per heavy atom. The number of fused-ring (bicyclic) bond motifs is 1. The summed E-state index contributed by atoms with van der Waals surface area (Å²) in [7, 11) is 0. The SMILES string of the molecule is CC(C)(NC(=O)c1ccccc1)C(=O)N1CCOC[C@@H](Cc2ccc3nccn3n2)C1. The molecule has 1 atom stereocenters. The predicted octanol–water partition coefficient (Wildman–Crippen LogP) is 1.96. The summed E-state index contributed by atoms with van der Waals surface area (Å²) < 4.78 is 7.52. The molecule has 0 aliphatic carbocycles. The third-order valence-electron chi connectivity index (χ3n) is 5.43. The van der Waals surface area contributed by atoms with E-state index in [1.165, 1.54) is 0 Å². The number of rotatable bonds is 5. The van der Waals surface area contributed by atoms with E-state index in [1.807, 2.05) is 24.4 Å². The number of ether oxygens (including phenoxy) is 1. The lowest BCUT2D eigenvalue weighted by molar-refractivity contribution is -0.137. The minimum atomic E-state index is -1.03. The van der Waals surface area contributed by atoms with Gasteiger partial charge in [0.05, 0.1) is 18.9 Å². The van der Waals surface area contributed by atoms with E-state index < -0.39 is 5.54 Å². The van der Waals surface area contributed by atoms with Crippen LogP contribution < -0.4 is 5.32 Å². The van der Waals surface area contributed by atoms with Crippen LogP contribution >= 0.6 is 0 Å². The van der Waals surface area contributed by atoms with Crippen molar-refractivity contribution in [1.29, 1.82) is 0 Å². The number of benzene rings is 1. The molecule has 1 saturated heterocycles. The minimum Gasteiger partial charge on any atom is -0.379 e. The first-order valence-electron chi connectivity index (χ1n) is 10.5. The van der Waals surface area contributed by atoms with Crippen LogP contribution in [0.1, 0.15) is 29.9 Å². The zero-order chi connectivity index (χ0) is 21.8. The van der Waals surface area contributed by atoms with Crippen LogP contribution in [0.25, 0.3) is 5.65 Å². The minimum absolute atomic E-state index is 0.112. The Balaban J connectivity index is 1.43. The Morgan fingerprint density at radius 3 is 2.81 bits per heavy atom. The topological polar surface area (TPSA) is 88.8 Å². The van der Waals surface area contributed by atoms with Crippen LogP contribution in [0.3, 0.4) is 0 Å². The molecule has 1 aliphatic rings. The molecule has 2 aromatic heterocycles. The van der Waals surface area contributed by atoms with Crippen molar-refractivity contribution in [3.63, 3.8) is 0 Å². The van der Waals surface area contributed by atoms with Crippen molar-refractivity contribution in [2.45, 2.75) is 25.8 Å². The molecule has 162 valence electrons. The summed E-state index contributed by atoms with van der Waals surface area (Å²) >= 11 is 0. The largest absolute Gasteiger partial charge is 0.379 e. The number of imidazole rings is 1. The van der Waals surface area contributed by atoms with Crippen LogP contribution in [0.15, 0.2) is 54.9 Å². The number of nitrogens with zero attached hydrogens (tertiary/aromatic N) is 4. The summed E-state index contributed by atoms with van der Waals surface area (Å²) in [5, 5.41) is 7.47. The number of amides is 2. The number of nitrogens with one attached hydrogen (secondary N) is 1. The van der Waals surface area contributed by atoms with E-state index in [9.17, 15) is 9.59 Å². The van der Waals surface area contributed by atoms with Crippen LogP contribution in [0.5, 0.6) is 0 Å². The first-order chi connectivity index (χ1) is 14.9. The second kappa shape index (κ2) is 8.85. The molecule has 0 unspecified atom stereocenters. The zero-order valence-electron chi connectivity index (χ0n) is 17.8. The molecule has 8 nitrogen and oxygen atoms in total. The summed E-state index contributed by atoms with van der Waals surface area (Å²) in [6, 6.07) is 12.8. The van der Waals surface area contributed by atoms with Crippen molar-refractivity contribution in [3.05, 3.63) is 66.1 Å². The standard InChI is InChI=1S/C23H27N5O3/c1-23(2,25-21(29)18-6-4-3-5-7-18)22(30)27-12-13-31-16-17(15-27)14-19-8-9-20-24-10-11-28(20)26-19/h3-11,17H,12-16H2,1-2H3,(H,25,29)/t17-/m0/s1. The highest BCUT2D eigenvalue weighted by atomic mass is 16.5. The summed E-state index contributed by atoms with van der Waals surface area (Å²) in [6.45, 7) is 5.56. The van der Waals surface area contributed by atoms with Gasteiger partial charge in [-0.15, -0.1) is 0 Å². The molecule has 1 N–H and O–H groups in total. The second-order valence-electron chi connectivity index (χ2n) is 8.40. The smallest absolute Gasteiger partial charge is 0.252 e. The molecule has 2 amide bonds. The van der Waals surface area contributed by atoms with Crippen LogP contribution in [0.2, 0.25) is 0 Å². The number of carbonyl (C=O) groups excluding carboxylic acids is 2.